The average Bonchev–Trinajstić information content (AvgIpc) is 2.83. The van der Waals surface area contributed by atoms with E-state index >= 15 is 0 Å². The lowest BCUT2D eigenvalue weighted by atomic mass is 10.2. The van der Waals surface area contributed by atoms with Gasteiger partial charge in [0.15, 0.2) is 6.10 Å². The number of benzene rings is 3. The van der Waals surface area contributed by atoms with E-state index in [1.165, 1.54) is 0 Å². The molecule has 0 aliphatic rings. The number of nitrogens with zero attached hydrogens (tertiary/aromatic N) is 1. The highest BCUT2D eigenvalue weighted by Gasteiger charge is 2.14. The molecule has 0 saturated heterocycles. The van der Waals surface area contributed by atoms with Crippen molar-refractivity contribution in [1.82, 2.24) is 5.43 Å². The molecule has 1 unspecified atom stereocenters. The topological polar surface area (TPSA) is 89.0 Å². The number of para-hydroxylation sites is 1. The van der Waals surface area contributed by atoms with Gasteiger partial charge >= 0.3 is 0 Å². The number of amides is 2. The van der Waals surface area contributed by atoms with Crippen LogP contribution in [0.5, 0.6) is 11.5 Å². The van der Waals surface area contributed by atoms with Gasteiger partial charge in [-0.25, -0.2) is 5.43 Å². The lowest BCUT2D eigenvalue weighted by molar-refractivity contribution is -0.127. The van der Waals surface area contributed by atoms with E-state index in [9.17, 15) is 9.59 Å². The summed E-state index contributed by atoms with van der Waals surface area (Å²) >= 11 is 0. The van der Waals surface area contributed by atoms with Gasteiger partial charge in [0.25, 0.3) is 5.91 Å². The van der Waals surface area contributed by atoms with Gasteiger partial charge in [0, 0.05) is 11.4 Å². The summed E-state index contributed by atoms with van der Waals surface area (Å²) in [6, 6.07) is 26.1. The summed E-state index contributed by atoms with van der Waals surface area (Å²) in [5, 5.41) is 6.76. The molecular formula is C26H27N3O4. The molecule has 170 valence electrons. The van der Waals surface area contributed by atoms with Crippen molar-refractivity contribution >= 4 is 23.2 Å². The van der Waals surface area contributed by atoms with E-state index in [1.807, 2.05) is 48.5 Å². The highest BCUT2D eigenvalue weighted by atomic mass is 16.5. The summed E-state index contributed by atoms with van der Waals surface area (Å²) in [5.74, 6) is 0.614. The number of anilines is 1. The minimum Gasteiger partial charge on any atom is -0.489 e. The van der Waals surface area contributed by atoms with Crippen LogP contribution in [-0.2, 0) is 16.2 Å². The van der Waals surface area contributed by atoms with E-state index in [0.717, 1.165) is 5.56 Å². The van der Waals surface area contributed by atoms with E-state index in [-0.39, 0.29) is 12.3 Å². The molecule has 3 rings (SSSR count). The van der Waals surface area contributed by atoms with Crippen LogP contribution in [0.15, 0.2) is 90.0 Å². The van der Waals surface area contributed by atoms with Gasteiger partial charge in [-0.1, -0.05) is 48.5 Å². The van der Waals surface area contributed by atoms with Crippen LogP contribution in [0.1, 0.15) is 25.8 Å². The maximum Gasteiger partial charge on any atom is 0.280 e. The number of hydrazone groups is 1. The first-order chi connectivity index (χ1) is 16.0. The summed E-state index contributed by atoms with van der Waals surface area (Å²) in [5.41, 5.74) is 4.70. The molecule has 0 aliphatic carbocycles. The SMILES string of the molecule is C/C(CC(=O)Nc1ccccc1)=N\NC(=O)C(C)Oc1ccc(OCc2ccccc2)cc1. The minimum absolute atomic E-state index is 0.0643. The van der Waals surface area contributed by atoms with Crippen LogP contribution in [0.3, 0.4) is 0 Å². The maximum absolute atomic E-state index is 12.3. The Kier molecular flexibility index (Phi) is 8.59. The highest BCUT2D eigenvalue weighted by molar-refractivity contribution is 6.05. The Bertz CT molecular complexity index is 1070. The Hall–Kier alpha value is -4.13. The zero-order valence-electron chi connectivity index (χ0n) is 18.7. The van der Waals surface area contributed by atoms with Crippen LogP contribution >= 0.6 is 0 Å². The van der Waals surface area contributed by atoms with Gasteiger partial charge < -0.3 is 14.8 Å². The highest BCUT2D eigenvalue weighted by Crippen LogP contribution is 2.19. The Balaban J connectivity index is 1.42. The molecule has 1 atom stereocenters. The van der Waals surface area contributed by atoms with Gasteiger partial charge in [-0.2, -0.15) is 5.10 Å². The average molecular weight is 446 g/mol. The zero-order valence-corrected chi connectivity index (χ0v) is 18.7. The largest absolute Gasteiger partial charge is 0.489 e. The van der Waals surface area contributed by atoms with E-state index in [0.29, 0.717) is 29.5 Å². The quantitative estimate of drug-likeness (QED) is 0.354. The van der Waals surface area contributed by atoms with Crippen LogP contribution in [0, 0.1) is 0 Å². The van der Waals surface area contributed by atoms with Crippen molar-refractivity contribution in [1.29, 1.82) is 0 Å². The van der Waals surface area contributed by atoms with Crippen molar-refractivity contribution in [3.05, 3.63) is 90.5 Å². The van der Waals surface area contributed by atoms with Crippen LogP contribution in [0.2, 0.25) is 0 Å². The molecule has 3 aromatic carbocycles. The third-order valence-electron chi connectivity index (χ3n) is 4.59. The number of nitrogens with one attached hydrogen (secondary N) is 2. The second-order valence-corrected chi connectivity index (χ2v) is 7.42. The van der Waals surface area contributed by atoms with Crippen LogP contribution in [-0.4, -0.2) is 23.6 Å². The lowest BCUT2D eigenvalue weighted by Crippen LogP contribution is -2.34. The van der Waals surface area contributed by atoms with Gasteiger partial charge in [0.05, 0.1) is 6.42 Å². The Morgan fingerprint density at radius 1 is 0.879 bits per heavy atom. The van der Waals surface area contributed by atoms with Crippen LogP contribution in [0.4, 0.5) is 5.69 Å². The van der Waals surface area contributed by atoms with E-state index in [1.54, 1.807) is 50.2 Å². The Morgan fingerprint density at radius 3 is 2.15 bits per heavy atom. The molecule has 0 radical (unpaired) electrons. The number of rotatable bonds is 10. The molecule has 0 spiro atoms. The smallest absolute Gasteiger partial charge is 0.280 e. The molecule has 0 aliphatic heterocycles. The molecule has 33 heavy (non-hydrogen) atoms. The number of hydrogen-bond donors (Lipinski definition) is 2. The maximum atomic E-state index is 12.3. The standard InChI is InChI=1S/C26H27N3O4/c1-19(17-25(30)27-22-11-7-4-8-12-22)28-29-26(31)20(2)33-24-15-13-23(14-16-24)32-18-21-9-5-3-6-10-21/h3-16,20H,17-18H2,1-2H3,(H,27,30)(H,29,31)/b28-19+. The number of hydrogen-bond acceptors (Lipinski definition) is 5. The molecule has 0 fully saturated rings. The van der Waals surface area contributed by atoms with Crippen molar-refractivity contribution in [3.63, 3.8) is 0 Å². The van der Waals surface area contributed by atoms with Crippen LogP contribution < -0.4 is 20.2 Å². The first-order valence-corrected chi connectivity index (χ1v) is 10.6. The minimum atomic E-state index is -0.768. The molecule has 2 amide bonds. The summed E-state index contributed by atoms with van der Waals surface area (Å²) in [4.78, 5) is 24.3. The lowest BCUT2D eigenvalue weighted by Gasteiger charge is -2.14. The second kappa shape index (κ2) is 12.0. The molecule has 0 bridgehead atoms. The van der Waals surface area contributed by atoms with Gasteiger partial charge in [0.1, 0.15) is 18.1 Å². The number of ether oxygens (including phenoxy) is 2. The van der Waals surface area contributed by atoms with E-state index < -0.39 is 12.0 Å². The number of carbonyl (C=O) groups is 2. The van der Waals surface area contributed by atoms with Crippen molar-refractivity contribution < 1.29 is 19.1 Å². The monoisotopic (exact) mass is 445 g/mol. The molecule has 2 N–H and O–H groups in total. The third-order valence-corrected chi connectivity index (χ3v) is 4.59. The molecule has 7 nitrogen and oxygen atoms in total. The van der Waals surface area contributed by atoms with Crippen molar-refractivity contribution in [3.8, 4) is 11.5 Å². The molecule has 0 aromatic heterocycles. The molecule has 3 aromatic rings. The molecule has 0 heterocycles. The molecule has 0 saturated carbocycles. The Morgan fingerprint density at radius 2 is 1.48 bits per heavy atom. The van der Waals surface area contributed by atoms with E-state index in [2.05, 4.69) is 15.8 Å². The molecular weight excluding hydrogens is 418 g/mol. The van der Waals surface area contributed by atoms with Gasteiger partial charge in [-0.3, -0.25) is 9.59 Å². The van der Waals surface area contributed by atoms with Crippen molar-refractivity contribution in [2.24, 2.45) is 5.10 Å². The fraction of sp³-hybridized carbons (Fsp3) is 0.192. The van der Waals surface area contributed by atoms with Gasteiger partial charge in [-0.15, -0.1) is 0 Å². The first kappa shape index (κ1) is 23.5. The van der Waals surface area contributed by atoms with Gasteiger partial charge in [0.2, 0.25) is 5.91 Å². The fourth-order valence-electron chi connectivity index (χ4n) is 2.85. The van der Waals surface area contributed by atoms with Gasteiger partial charge in [-0.05, 0) is 55.8 Å². The summed E-state index contributed by atoms with van der Waals surface area (Å²) in [6.45, 7) is 3.77. The first-order valence-electron chi connectivity index (χ1n) is 10.6. The Labute approximate surface area is 193 Å². The predicted molar refractivity (Wildman–Crippen MR) is 128 cm³/mol. The fourth-order valence-corrected chi connectivity index (χ4v) is 2.85. The normalized spacial score (nSPS) is 11.9. The third kappa shape index (κ3) is 8.14. The summed E-state index contributed by atoms with van der Waals surface area (Å²) < 4.78 is 11.4. The second-order valence-electron chi connectivity index (χ2n) is 7.42. The molecule has 7 heteroatoms. The van der Waals surface area contributed by atoms with Crippen molar-refractivity contribution in [2.75, 3.05) is 5.32 Å². The predicted octanol–water partition coefficient (Wildman–Crippen LogP) is 4.55. The zero-order chi connectivity index (χ0) is 23.5. The van der Waals surface area contributed by atoms with Crippen LogP contribution in [0.25, 0.3) is 0 Å². The summed E-state index contributed by atoms with van der Waals surface area (Å²) in [6.07, 6.45) is -0.703. The number of carbonyl (C=O) groups excluding carboxylic acids is 2. The van der Waals surface area contributed by atoms with Crippen molar-refractivity contribution in [2.45, 2.75) is 33.0 Å². The summed E-state index contributed by atoms with van der Waals surface area (Å²) in [7, 11) is 0. The van der Waals surface area contributed by atoms with E-state index in [4.69, 9.17) is 9.47 Å².